The van der Waals surface area contributed by atoms with Crippen molar-refractivity contribution in [2.75, 3.05) is 20.2 Å². The Morgan fingerprint density at radius 2 is 2.00 bits per heavy atom. The number of rotatable bonds is 5. The summed E-state index contributed by atoms with van der Waals surface area (Å²) in [6.45, 7) is 3.53. The largest absolute Gasteiger partial charge is 0.497 e. The molecule has 27 heavy (non-hydrogen) atoms. The van der Waals surface area contributed by atoms with Crippen LogP contribution in [0.15, 0.2) is 52.3 Å². The lowest BCUT2D eigenvalue weighted by atomic mass is 9.99. The summed E-state index contributed by atoms with van der Waals surface area (Å²) in [5.74, 6) is 1.05. The van der Waals surface area contributed by atoms with Gasteiger partial charge in [0.15, 0.2) is 0 Å². The molecule has 3 rings (SSSR count). The molecule has 1 saturated heterocycles. The number of carbonyl (C=O) groups excluding carboxylic acids is 1. The van der Waals surface area contributed by atoms with E-state index in [2.05, 4.69) is 6.92 Å². The Kier molecular flexibility index (Phi) is 6.01. The minimum atomic E-state index is -0.429. The van der Waals surface area contributed by atoms with Crippen molar-refractivity contribution in [3.63, 3.8) is 0 Å². The third kappa shape index (κ3) is 4.60. The maximum Gasteiger partial charge on any atom is 0.284 e. The summed E-state index contributed by atoms with van der Waals surface area (Å²) in [5.41, 5.74) is 0.321. The fraction of sp³-hybridized carbons (Fsp3) is 0.350. The molecule has 0 aromatic heterocycles. The second-order valence-corrected chi connectivity index (χ2v) is 7.83. The quantitative estimate of drug-likeness (QED) is 0.553. The van der Waals surface area contributed by atoms with Crippen molar-refractivity contribution in [3.8, 4) is 5.75 Å². The highest BCUT2D eigenvalue weighted by Crippen LogP contribution is 2.36. The molecule has 0 radical (unpaired) electrons. The summed E-state index contributed by atoms with van der Waals surface area (Å²) in [7, 11) is 1.59. The van der Waals surface area contributed by atoms with Crippen LogP contribution in [-0.2, 0) is 0 Å². The van der Waals surface area contributed by atoms with Crippen LogP contribution in [0.25, 0.3) is 0 Å². The van der Waals surface area contributed by atoms with Gasteiger partial charge < -0.3 is 9.64 Å². The number of nitrogens with zero attached hydrogens (tertiary/aromatic N) is 2. The van der Waals surface area contributed by atoms with Crippen molar-refractivity contribution < 1.29 is 14.5 Å². The van der Waals surface area contributed by atoms with E-state index in [1.165, 1.54) is 17.8 Å². The summed E-state index contributed by atoms with van der Waals surface area (Å²) in [6, 6.07) is 12.1. The van der Waals surface area contributed by atoms with Gasteiger partial charge in [-0.25, -0.2) is 0 Å². The molecule has 6 nitrogen and oxygen atoms in total. The molecule has 0 aliphatic carbocycles. The average molecular weight is 386 g/mol. The second-order valence-electron chi connectivity index (χ2n) is 6.72. The van der Waals surface area contributed by atoms with Crippen molar-refractivity contribution in [1.82, 2.24) is 4.90 Å². The van der Waals surface area contributed by atoms with Gasteiger partial charge in [0.2, 0.25) is 0 Å². The highest BCUT2D eigenvalue weighted by atomic mass is 32.2. The zero-order chi connectivity index (χ0) is 19.4. The minimum Gasteiger partial charge on any atom is -0.497 e. The van der Waals surface area contributed by atoms with Crippen molar-refractivity contribution in [3.05, 3.63) is 58.1 Å². The molecule has 2 aromatic carbocycles. The topological polar surface area (TPSA) is 72.7 Å². The molecule has 0 spiro atoms. The van der Waals surface area contributed by atoms with Crippen molar-refractivity contribution in [1.29, 1.82) is 0 Å². The van der Waals surface area contributed by atoms with E-state index in [1.807, 2.05) is 24.3 Å². The molecule has 1 fully saturated rings. The summed E-state index contributed by atoms with van der Waals surface area (Å²) in [6.07, 6.45) is 2.09. The highest BCUT2D eigenvalue weighted by molar-refractivity contribution is 7.99. The Balaban J connectivity index is 1.83. The lowest BCUT2D eigenvalue weighted by Crippen LogP contribution is -2.39. The number of likely N-dealkylation sites (tertiary alicyclic amines) is 1. The predicted octanol–water partition coefficient (Wildman–Crippen LogP) is 4.63. The Morgan fingerprint density at radius 1 is 1.26 bits per heavy atom. The van der Waals surface area contributed by atoms with Gasteiger partial charge in [0.25, 0.3) is 11.6 Å². The Morgan fingerprint density at radius 3 is 2.63 bits per heavy atom. The van der Waals surface area contributed by atoms with Crippen LogP contribution in [0.1, 0.15) is 30.1 Å². The number of methoxy groups -OCH3 is 1. The number of hydrogen-bond acceptors (Lipinski definition) is 5. The van der Waals surface area contributed by atoms with Gasteiger partial charge in [0, 0.05) is 29.6 Å². The molecule has 0 bridgehead atoms. The van der Waals surface area contributed by atoms with Gasteiger partial charge >= 0.3 is 0 Å². The number of ether oxygens (including phenoxy) is 1. The van der Waals surface area contributed by atoms with Gasteiger partial charge in [-0.15, -0.1) is 0 Å². The first-order valence-electron chi connectivity index (χ1n) is 8.87. The third-order valence-corrected chi connectivity index (χ3v) is 5.71. The van der Waals surface area contributed by atoms with Crippen LogP contribution in [0.2, 0.25) is 0 Å². The van der Waals surface area contributed by atoms with E-state index in [9.17, 15) is 14.9 Å². The predicted molar refractivity (Wildman–Crippen MR) is 105 cm³/mol. The first-order valence-corrected chi connectivity index (χ1v) is 9.69. The smallest absolute Gasteiger partial charge is 0.284 e. The van der Waals surface area contributed by atoms with E-state index in [1.54, 1.807) is 24.1 Å². The number of hydrogen-bond donors (Lipinski definition) is 0. The molecule has 1 heterocycles. The number of carbonyl (C=O) groups is 1. The number of amides is 1. The molecule has 7 heteroatoms. The van der Waals surface area contributed by atoms with E-state index >= 15 is 0 Å². The van der Waals surface area contributed by atoms with Gasteiger partial charge in [-0.05, 0) is 55.2 Å². The van der Waals surface area contributed by atoms with Crippen molar-refractivity contribution in [2.45, 2.75) is 29.6 Å². The Bertz CT molecular complexity index is 838. The molecule has 1 amide bonds. The number of nitro benzene ring substituents is 1. The maximum atomic E-state index is 12.7. The standard InChI is InChI=1S/C20H22N2O4S/c1-14-4-3-11-21(13-14)20(23)15-5-10-19(18(12-15)22(24)25)27-17-8-6-16(26-2)7-9-17/h5-10,12,14H,3-4,11,13H2,1-2H3. The van der Waals surface area contributed by atoms with E-state index in [0.717, 1.165) is 23.5 Å². The molecule has 1 atom stereocenters. The SMILES string of the molecule is COc1ccc(Sc2ccc(C(=O)N3CCCC(C)C3)cc2[N+](=O)[O-])cc1. The van der Waals surface area contributed by atoms with E-state index in [4.69, 9.17) is 4.74 Å². The van der Waals surface area contributed by atoms with Crippen LogP contribution in [0.5, 0.6) is 5.75 Å². The van der Waals surface area contributed by atoms with E-state index < -0.39 is 4.92 Å². The number of nitro groups is 1. The maximum absolute atomic E-state index is 12.7. The zero-order valence-corrected chi connectivity index (χ0v) is 16.2. The molecule has 0 N–H and O–H groups in total. The average Bonchev–Trinajstić information content (AvgIpc) is 2.68. The van der Waals surface area contributed by atoms with Crippen LogP contribution < -0.4 is 4.74 Å². The van der Waals surface area contributed by atoms with Crippen LogP contribution in [0, 0.1) is 16.0 Å². The fourth-order valence-corrected chi connectivity index (χ4v) is 4.11. The van der Waals surface area contributed by atoms with Gasteiger partial charge in [0.05, 0.1) is 16.9 Å². The van der Waals surface area contributed by atoms with Gasteiger partial charge in [-0.1, -0.05) is 18.7 Å². The van der Waals surface area contributed by atoms with Crippen LogP contribution >= 0.6 is 11.8 Å². The third-order valence-electron chi connectivity index (χ3n) is 4.63. The molecule has 1 aliphatic rings. The molecule has 1 aliphatic heterocycles. The molecular weight excluding hydrogens is 364 g/mol. The fourth-order valence-electron chi connectivity index (χ4n) is 3.21. The lowest BCUT2D eigenvalue weighted by molar-refractivity contribution is -0.387. The second kappa shape index (κ2) is 8.43. The normalized spacial score (nSPS) is 16.8. The molecule has 2 aromatic rings. The van der Waals surface area contributed by atoms with Crippen molar-refractivity contribution >= 4 is 23.4 Å². The summed E-state index contributed by atoms with van der Waals surface area (Å²) in [4.78, 5) is 27.0. The molecule has 0 saturated carbocycles. The van der Waals surface area contributed by atoms with Gasteiger partial charge in [-0.3, -0.25) is 14.9 Å². The molecule has 142 valence electrons. The lowest BCUT2D eigenvalue weighted by Gasteiger charge is -2.31. The van der Waals surface area contributed by atoms with Crippen LogP contribution in [0.4, 0.5) is 5.69 Å². The highest BCUT2D eigenvalue weighted by Gasteiger charge is 2.25. The van der Waals surface area contributed by atoms with Gasteiger partial charge in [-0.2, -0.15) is 0 Å². The first kappa shape index (κ1) is 19.2. The Labute approximate surface area is 162 Å². The van der Waals surface area contributed by atoms with E-state index in [0.29, 0.717) is 29.5 Å². The van der Waals surface area contributed by atoms with Crippen LogP contribution in [-0.4, -0.2) is 35.9 Å². The van der Waals surface area contributed by atoms with E-state index in [-0.39, 0.29) is 11.6 Å². The summed E-state index contributed by atoms with van der Waals surface area (Å²) < 4.78 is 5.13. The summed E-state index contributed by atoms with van der Waals surface area (Å²) >= 11 is 1.30. The summed E-state index contributed by atoms with van der Waals surface area (Å²) in [5, 5.41) is 11.6. The van der Waals surface area contributed by atoms with Crippen molar-refractivity contribution in [2.24, 2.45) is 5.92 Å². The minimum absolute atomic E-state index is 0.0493. The number of piperidine rings is 1. The number of benzene rings is 2. The monoisotopic (exact) mass is 386 g/mol. The zero-order valence-electron chi connectivity index (χ0n) is 15.4. The Hall–Kier alpha value is -2.54. The molecular formula is C20H22N2O4S. The first-order chi connectivity index (χ1) is 13.0. The molecule has 1 unspecified atom stereocenters. The van der Waals surface area contributed by atoms with Crippen LogP contribution in [0.3, 0.4) is 0 Å². The van der Waals surface area contributed by atoms with Gasteiger partial charge in [0.1, 0.15) is 5.75 Å².